The highest BCUT2D eigenvalue weighted by atomic mass is 35.5. The maximum Gasteiger partial charge on any atom is 0.223 e. The van der Waals surface area contributed by atoms with Crippen molar-refractivity contribution in [2.75, 3.05) is 46.4 Å². The van der Waals surface area contributed by atoms with Gasteiger partial charge in [0, 0.05) is 329 Å². The first-order chi connectivity index (χ1) is 31.8. The largest absolute Gasteiger partial charge is 0.385 e. The van der Waals surface area contributed by atoms with Gasteiger partial charge in [-0.15, -0.1) is 0 Å². The lowest BCUT2D eigenvalue weighted by atomic mass is 9.91. The van der Waals surface area contributed by atoms with E-state index in [-0.39, 0.29) is 23.9 Å². The van der Waals surface area contributed by atoms with Gasteiger partial charge in [0.25, 0.3) is 0 Å². The smallest absolute Gasteiger partial charge is 0.223 e. The number of hydrogen-bond donors (Lipinski definition) is 0. The zero-order valence-electron chi connectivity index (χ0n) is 33.2. The SMILES string of the molecule is COCC[C@H]1CN(C(c2ccc(Cl)cc2)c2ccc(Cl)cc2)CCN1C(=O)CC1CCN(C(C)=O)CC1.S=S=S=S=S=S=S=S=S=S=S=S=S=S=S=S=S=S=S=S=S=S=S=S=S=S=S=S. The van der Waals surface area contributed by atoms with Gasteiger partial charge in [-0.3, -0.25) is 14.5 Å². The Morgan fingerprint density at radius 1 is 0.600 bits per heavy atom. The number of benzene rings is 2. The van der Waals surface area contributed by atoms with Crippen LogP contribution in [0, 0.1) is 5.92 Å². The summed E-state index contributed by atoms with van der Waals surface area (Å²) in [4.78, 5) is 31.6. The Bertz CT molecular complexity index is 2980. The Kier molecular flexibility index (Phi) is 41.2. The monoisotopic (exact) mass is 1440 g/mol. The first-order valence-corrected chi connectivity index (χ1v) is 54.4. The summed E-state index contributed by atoms with van der Waals surface area (Å²) in [6.45, 7) is 5.92. The van der Waals surface area contributed by atoms with E-state index >= 15 is 0 Å². The van der Waals surface area contributed by atoms with E-state index < -0.39 is 0 Å². The minimum Gasteiger partial charge on any atom is -0.385 e. The summed E-state index contributed by atoms with van der Waals surface area (Å²) in [5, 5.41) is 1.42. The zero-order valence-corrected chi connectivity index (χ0v) is 57.5. The summed E-state index contributed by atoms with van der Waals surface area (Å²) < 4.78 is 5.42. The van der Waals surface area contributed by atoms with Crippen LogP contribution >= 0.6 is 23.2 Å². The van der Waals surface area contributed by atoms with Gasteiger partial charge in [-0.1, -0.05) is 47.5 Å². The van der Waals surface area contributed by atoms with Crippen LogP contribution in [0.25, 0.3) is 0 Å². The first kappa shape index (κ1) is 63.3. The van der Waals surface area contributed by atoms with Crippen LogP contribution in [0.3, 0.4) is 0 Å². The van der Waals surface area contributed by atoms with E-state index in [9.17, 15) is 9.59 Å². The Labute approximate surface area is 475 Å². The maximum absolute atomic E-state index is 13.5. The summed E-state index contributed by atoms with van der Waals surface area (Å²) >= 11 is 22.0. The van der Waals surface area contributed by atoms with Gasteiger partial charge in [0.05, 0.1) is 6.04 Å². The average molecular weight is 1440 g/mol. The Balaban J connectivity index is 0.000000362. The van der Waals surface area contributed by atoms with Gasteiger partial charge in [0.15, 0.2) is 0 Å². The van der Waals surface area contributed by atoms with Crippen molar-refractivity contribution >= 4 is 288 Å². The molecular weight excluding hydrogens is 1410 g/mol. The lowest BCUT2D eigenvalue weighted by Gasteiger charge is -2.45. The molecule has 2 amide bonds. The molecule has 36 heteroatoms. The molecule has 2 saturated heterocycles. The summed E-state index contributed by atoms with van der Waals surface area (Å²) in [5.74, 6) is 0.674. The van der Waals surface area contributed by atoms with Crippen LogP contribution in [0.15, 0.2) is 48.5 Å². The van der Waals surface area contributed by atoms with Crippen molar-refractivity contribution < 1.29 is 14.3 Å². The van der Waals surface area contributed by atoms with Gasteiger partial charge in [-0.25, -0.2) is 0 Å². The number of hydrogen-bond acceptors (Lipinski definition) is 6. The van der Waals surface area contributed by atoms with Gasteiger partial charge < -0.3 is 14.5 Å². The number of halogens is 2. The zero-order chi connectivity index (χ0) is 46.7. The topological polar surface area (TPSA) is 53.1 Å². The van der Waals surface area contributed by atoms with Crippen LogP contribution in [-0.4, -0.2) is 79.0 Å². The second-order valence-corrected chi connectivity index (χ2v) is 58.8. The molecule has 6 nitrogen and oxygen atoms in total. The molecule has 0 spiro atoms. The lowest BCUT2D eigenvalue weighted by molar-refractivity contribution is -0.138. The molecule has 0 radical (unpaired) electrons. The molecule has 2 heterocycles. The first-order valence-electron chi connectivity index (χ1n) is 17.6. The minimum atomic E-state index is 0.0349. The molecule has 2 aromatic carbocycles. The highest BCUT2D eigenvalue weighted by Gasteiger charge is 2.35. The van der Waals surface area contributed by atoms with Crippen LogP contribution < -0.4 is 0 Å². The summed E-state index contributed by atoms with van der Waals surface area (Å²) in [6, 6.07) is 16.1. The molecule has 4 rings (SSSR count). The third kappa shape index (κ3) is 29.7. The van der Waals surface area contributed by atoms with Gasteiger partial charge in [0.1, 0.15) is 0 Å². The lowest BCUT2D eigenvalue weighted by Crippen LogP contribution is -2.56. The van der Waals surface area contributed by atoms with Crippen molar-refractivity contribution in [1.29, 1.82) is 0 Å². The number of piperazine rings is 1. The van der Waals surface area contributed by atoms with Crippen molar-refractivity contribution in [3.63, 3.8) is 0 Å². The van der Waals surface area contributed by atoms with E-state index in [1.165, 1.54) is 17.8 Å². The van der Waals surface area contributed by atoms with Crippen molar-refractivity contribution in [3.8, 4) is 0 Å². The predicted octanol–water partition coefficient (Wildman–Crippen LogP) is 5.21. The van der Waals surface area contributed by atoms with E-state index in [0.717, 1.165) is 56.6 Å². The predicted molar refractivity (Wildman–Crippen MR) is 354 cm³/mol. The fourth-order valence-electron chi connectivity index (χ4n) is 5.94. The Hall–Kier alpha value is 4.04. The summed E-state index contributed by atoms with van der Waals surface area (Å²) in [6.07, 6.45) is 3.12. The molecule has 0 N–H and O–H groups in total. The van der Waals surface area contributed by atoms with Gasteiger partial charge >= 0.3 is 0 Å². The Morgan fingerprint density at radius 3 is 1.31 bits per heavy atom. The normalized spacial score (nSPS) is 14.3. The van der Waals surface area contributed by atoms with Crippen LogP contribution in [0.2, 0.25) is 10.0 Å². The fourth-order valence-corrected chi connectivity index (χ4v) is 72.1. The Morgan fingerprint density at radius 2 is 0.969 bits per heavy atom. The highest BCUT2D eigenvalue weighted by molar-refractivity contribution is 8.79. The third-order valence-corrected chi connectivity index (χ3v) is 64.5. The summed E-state index contributed by atoms with van der Waals surface area (Å²) in [5.41, 5.74) is 2.32. The fraction of sp³-hybridized carbons (Fsp3) is 0.517. The molecule has 0 saturated carbocycles. The molecule has 2 aliphatic heterocycles. The number of likely N-dealkylation sites (tertiary alicyclic amines) is 1. The molecule has 2 aromatic rings. The number of carbonyl (C=O) groups is 2. The molecule has 2 fully saturated rings. The number of rotatable bonds is 8. The number of carbonyl (C=O) groups excluding carboxylic acids is 2. The molecule has 0 bridgehead atoms. The number of methoxy groups -OCH3 is 1. The van der Waals surface area contributed by atoms with Crippen molar-refractivity contribution in [3.05, 3.63) is 69.7 Å². The molecule has 0 aliphatic carbocycles. The minimum absolute atomic E-state index is 0.0349. The summed E-state index contributed by atoms with van der Waals surface area (Å²) in [7, 11) is 47.1. The third-order valence-electron chi connectivity index (χ3n) is 8.44. The van der Waals surface area contributed by atoms with Crippen LogP contribution in [0.5, 0.6) is 0 Å². The van der Waals surface area contributed by atoms with E-state index in [2.05, 4.69) is 34.1 Å². The van der Waals surface area contributed by atoms with Crippen LogP contribution in [-0.2, 0) is 268 Å². The van der Waals surface area contributed by atoms with Gasteiger partial charge in [0.2, 0.25) is 11.8 Å². The molecule has 65 heavy (non-hydrogen) atoms. The van der Waals surface area contributed by atoms with Crippen LogP contribution in [0.4, 0.5) is 0 Å². The van der Waals surface area contributed by atoms with Crippen molar-refractivity contribution in [2.45, 2.75) is 44.7 Å². The number of ether oxygens (including phenoxy) is 1. The second kappa shape index (κ2) is 42.3. The van der Waals surface area contributed by atoms with Gasteiger partial charge in [-0.2, -0.15) is 0 Å². The highest BCUT2D eigenvalue weighted by Crippen LogP contribution is 2.33. The number of nitrogens with zero attached hydrogens (tertiary/aromatic N) is 3. The second-order valence-electron chi connectivity index (χ2n) is 11.9. The number of piperidine rings is 1. The number of amides is 2. The molecular formula is C29H37Cl2N3O3S28. The van der Waals surface area contributed by atoms with E-state index in [1.807, 2.05) is 118 Å². The van der Waals surface area contributed by atoms with Crippen molar-refractivity contribution in [1.82, 2.24) is 14.7 Å². The molecule has 1 atom stereocenters. The van der Waals surface area contributed by atoms with Gasteiger partial charge in [-0.05, 0) is 60.6 Å². The molecule has 368 valence electrons. The molecule has 0 unspecified atom stereocenters. The van der Waals surface area contributed by atoms with E-state index in [0.29, 0.717) is 35.5 Å². The van der Waals surface area contributed by atoms with Crippen molar-refractivity contribution in [2.24, 2.45) is 5.92 Å². The maximum atomic E-state index is 13.5. The van der Waals surface area contributed by atoms with Crippen LogP contribution in [0.1, 0.15) is 49.8 Å². The molecule has 0 aromatic heterocycles. The van der Waals surface area contributed by atoms with E-state index in [1.54, 1.807) is 138 Å². The van der Waals surface area contributed by atoms with E-state index in [4.69, 9.17) is 50.3 Å². The standard InChI is InChI=1S/C29H37Cl2N3O3.S28/c1-21(35)32-14-11-22(12-15-32)19-28(36)34-17-16-33(20-27(34)13-18-37-2)29(23-3-7-25(30)8-4-23)24-5-9-26(31)10-6-24;1-3-5-7-9-11-13-15-17-19-21-23-25-27-28-26-24-22-20-18-16-14-12-10-8-6-4-2/h3-10,22,27,29H,11-20H2,1-2H3;/t27-;/m0./s1. The quantitative estimate of drug-likeness (QED) is 0.363. The molecule has 2 aliphatic rings. The average Bonchev–Trinajstić information content (AvgIpc) is 3.31.